The summed E-state index contributed by atoms with van der Waals surface area (Å²) in [6, 6.07) is 15.0. The molecule has 32 heavy (non-hydrogen) atoms. The number of H-pyrrole nitrogens is 1. The zero-order chi connectivity index (χ0) is 23.9. The van der Waals surface area contributed by atoms with Crippen molar-refractivity contribution >= 4 is 39.1 Å². The summed E-state index contributed by atoms with van der Waals surface area (Å²) >= 11 is 1.64. The lowest BCUT2D eigenvalue weighted by Crippen LogP contribution is -1.87. The summed E-state index contributed by atoms with van der Waals surface area (Å²) in [5.74, 6) is 0. The lowest BCUT2D eigenvalue weighted by Gasteiger charge is -2.11. The Morgan fingerprint density at radius 1 is 0.781 bits per heavy atom. The molecule has 1 aliphatic rings. The maximum absolute atomic E-state index is 4.32. The number of para-hydroxylation sites is 1. The lowest BCUT2D eigenvalue weighted by atomic mass is 10.0. The molecule has 0 aliphatic carbocycles. The van der Waals surface area contributed by atoms with E-state index in [1.54, 1.807) is 11.8 Å². The van der Waals surface area contributed by atoms with Gasteiger partial charge in [0.05, 0.1) is 0 Å². The Labute approximate surface area is 199 Å². The van der Waals surface area contributed by atoms with Crippen LogP contribution in [0.2, 0.25) is 0 Å². The van der Waals surface area contributed by atoms with E-state index in [0.717, 1.165) is 33.7 Å². The smallest absolute Gasteiger partial charge is 0.0465 e. The summed E-state index contributed by atoms with van der Waals surface area (Å²) in [5, 5.41) is 2.50. The van der Waals surface area contributed by atoms with Crippen LogP contribution in [0.3, 0.4) is 0 Å². The van der Waals surface area contributed by atoms with Crippen molar-refractivity contribution in [3.63, 3.8) is 0 Å². The maximum atomic E-state index is 4.32. The topological polar surface area (TPSA) is 15.8 Å². The van der Waals surface area contributed by atoms with Crippen LogP contribution in [0.5, 0.6) is 0 Å². The van der Waals surface area contributed by atoms with Crippen LogP contribution < -0.4 is 0 Å². The first-order valence-electron chi connectivity index (χ1n) is 11.8. The van der Waals surface area contributed by atoms with Gasteiger partial charge in [-0.2, -0.15) is 0 Å². The van der Waals surface area contributed by atoms with Gasteiger partial charge in [0.1, 0.15) is 0 Å². The highest BCUT2D eigenvalue weighted by atomic mass is 32.2. The van der Waals surface area contributed by atoms with Crippen LogP contribution in [0.4, 0.5) is 0 Å². The van der Waals surface area contributed by atoms with Gasteiger partial charge in [-0.15, -0.1) is 0 Å². The highest BCUT2D eigenvalue weighted by Gasteiger charge is 2.11. The highest BCUT2D eigenvalue weighted by Crippen LogP contribution is 2.37. The van der Waals surface area contributed by atoms with E-state index in [2.05, 4.69) is 91.0 Å². The van der Waals surface area contributed by atoms with E-state index >= 15 is 0 Å². The van der Waals surface area contributed by atoms with Crippen molar-refractivity contribution < 1.29 is 0 Å². The number of aromatic amines is 1. The number of fused-ring (bicyclic) bond motifs is 3. The van der Waals surface area contributed by atoms with E-state index in [9.17, 15) is 0 Å². The Hall–Kier alpha value is -2.71. The monoisotopic (exact) mass is 445 g/mol. The quantitative estimate of drug-likeness (QED) is 0.394. The van der Waals surface area contributed by atoms with Crippen LogP contribution in [0.15, 0.2) is 95.8 Å². The summed E-state index contributed by atoms with van der Waals surface area (Å²) in [6.07, 6.45) is 12.9. The van der Waals surface area contributed by atoms with Crippen LogP contribution >= 0.6 is 11.8 Å². The Morgan fingerprint density at radius 2 is 1.44 bits per heavy atom. The Kier molecular flexibility index (Phi) is 12.9. The van der Waals surface area contributed by atoms with Gasteiger partial charge in [-0.25, -0.2) is 0 Å². The van der Waals surface area contributed by atoms with Crippen molar-refractivity contribution in [1.82, 2.24) is 4.98 Å². The third kappa shape index (κ3) is 7.17. The molecule has 3 aromatic rings. The molecule has 0 saturated heterocycles. The number of hydrogen-bond acceptors (Lipinski definition) is 1. The molecule has 2 heterocycles. The first-order valence-corrected chi connectivity index (χ1v) is 12.6. The molecule has 0 radical (unpaired) electrons. The van der Waals surface area contributed by atoms with Gasteiger partial charge in [0.25, 0.3) is 0 Å². The van der Waals surface area contributed by atoms with Gasteiger partial charge in [-0.05, 0) is 42.2 Å². The predicted octanol–water partition coefficient (Wildman–Crippen LogP) is 10.4. The summed E-state index contributed by atoms with van der Waals surface area (Å²) in [5.41, 5.74) is 4.66. The number of allylic oxidation sites excluding steroid dienone is 6. The molecule has 0 atom stereocenters. The van der Waals surface area contributed by atoms with Crippen LogP contribution in [0.25, 0.3) is 27.4 Å². The van der Waals surface area contributed by atoms with E-state index in [0.29, 0.717) is 0 Å². The van der Waals surface area contributed by atoms with Crippen molar-refractivity contribution in [2.45, 2.75) is 54.4 Å². The van der Waals surface area contributed by atoms with Crippen molar-refractivity contribution in [3.05, 3.63) is 101 Å². The third-order valence-corrected chi connectivity index (χ3v) is 5.44. The number of thioether (sulfide) groups is 1. The van der Waals surface area contributed by atoms with E-state index in [4.69, 9.17) is 0 Å². The van der Waals surface area contributed by atoms with Crippen LogP contribution in [-0.4, -0.2) is 4.98 Å². The standard InChI is InChI=1S/C24H21NS.3C2H6/c1-17-10-6-4-3-5-7-11-20(18(2)26-17)19-14-15-24-22(16-19)21-12-8-9-13-23(21)25-24;3*1-2/h5-16,25H,1-4H2;3*1-2H3/b7-5-,10-6-,20-11+;;;. The summed E-state index contributed by atoms with van der Waals surface area (Å²) in [4.78, 5) is 5.53. The van der Waals surface area contributed by atoms with Gasteiger partial charge in [-0.1, -0.05) is 121 Å². The van der Waals surface area contributed by atoms with Crippen LogP contribution in [0, 0.1) is 0 Å². The second kappa shape index (κ2) is 15.2. The zero-order valence-corrected chi connectivity index (χ0v) is 21.5. The highest BCUT2D eigenvalue weighted by molar-refractivity contribution is 8.07. The minimum Gasteiger partial charge on any atom is -0.355 e. The molecule has 0 saturated carbocycles. The Bertz CT molecular complexity index is 1090. The average Bonchev–Trinajstić information content (AvgIpc) is 3.21. The summed E-state index contributed by atoms with van der Waals surface area (Å²) in [6.45, 7) is 20.5. The number of hydrogen-bond donors (Lipinski definition) is 1. The average molecular weight is 446 g/mol. The van der Waals surface area contributed by atoms with Crippen LogP contribution in [-0.2, 0) is 0 Å². The van der Waals surface area contributed by atoms with Gasteiger partial charge in [0.2, 0.25) is 0 Å². The second-order valence-corrected chi connectivity index (χ2v) is 7.63. The molecule has 1 aromatic heterocycles. The lowest BCUT2D eigenvalue weighted by molar-refractivity contribution is 1.05. The molecule has 0 fully saturated rings. The van der Waals surface area contributed by atoms with Crippen LogP contribution in [0.1, 0.15) is 59.9 Å². The number of benzene rings is 2. The SMILES string of the molecule is C=C1/C=C\CC/C=C\C=C(\c2ccc3[nH]c4ccccc4c3c2)C(=C)S1.CC.CC.CC. The minimum absolute atomic E-state index is 1.02. The molecule has 170 valence electrons. The third-order valence-electron chi connectivity index (χ3n) is 4.57. The molecule has 4 rings (SSSR count). The fourth-order valence-corrected chi connectivity index (χ4v) is 4.06. The zero-order valence-electron chi connectivity index (χ0n) is 20.7. The van der Waals surface area contributed by atoms with Crippen molar-refractivity contribution in [2.24, 2.45) is 0 Å². The van der Waals surface area contributed by atoms with E-state index in [-0.39, 0.29) is 0 Å². The van der Waals surface area contributed by atoms with E-state index in [1.165, 1.54) is 21.9 Å². The first-order chi connectivity index (χ1) is 15.7. The van der Waals surface area contributed by atoms with E-state index < -0.39 is 0 Å². The van der Waals surface area contributed by atoms with Crippen molar-refractivity contribution in [1.29, 1.82) is 0 Å². The molecule has 0 amide bonds. The molecule has 1 N–H and O–H groups in total. The largest absolute Gasteiger partial charge is 0.355 e. The molecule has 1 nitrogen and oxygen atoms in total. The molecule has 2 aromatic carbocycles. The number of nitrogens with one attached hydrogen (secondary N) is 1. The van der Waals surface area contributed by atoms with Gasteiger partial charge in [0.15, 0.2) is 0 Å². The summed E-state index contributed by atoms with van der Waals surface area (Å²) in [7, 11) is 0. The predicted molar refractivity (Wildman–Crippen MR) is 151 cm³/mol. The minimum atomic E-state index is 1.02. The van der Waals surface area contributed by atoms with Gasteiger partial charge in [-0.3, -0.25) is 0 Å². The van der Waals surface area contributed by atoms with Gasteiger partial charge in [0, 0.05) is 31.6 Å². The molecule has 2 heteroatoms. The first kappa shape index (κ1) is 27.3. The van der Waals surface area contributed by atoms with Gasteiger partial charge >= 0.3 is 0 Å². The molecule has 0 bridgehead atoms. The Morgan fingerprint density at radius 3 is 2.19 bits per heavy atom. The van der Waals surface area contributed by atoms with Gasteiger partial charge < -0.3 is 4.98 Å². The fraction of sp³-hybridized carbons (Fsp3) is 0.267. The maximum Gasteiger partial charge on any atom is 0.0465 e. The number of rotatable bonds is 1. The van der Waals surface area contributed by atoms with Crippen molar-refractivity contribution in [3.8, 4) is 0 Å². The molecule has 0 spiro atoms. The molecular weight excluding hydrogens is 406 g/mol. The van der Waals surface area contributed by atoms with E-state index in [1.807, 2.05) is 41.5 Å². The Balaban J connectivity index is 0.000000789. The van der Waals surface area contributed by atoms with Crippen molar-refractivity contribution in [2.75, 3.05) is 0 Å². The summed E-state index contributed by atoms with van der Waals surface area (Å²) < 4.78 is 0. The normalized spacial score (nSPS) is 17.2. The number of aromatic nitrogens is 1. The molecule has 0 unspecified atom stereocenters. The molecular formula is C30H39NS. The second-order valence-electron chi connectivity index (χ2n) is 6.41. The fourth-order valence-electron chi connectivity index (χ4n) is 3.28. The molecule has 1 aliphatic heterocycles.